The second-order valence-electron chi connectivity index (χ2n) is 6.17. The van der Waals surface area contributed by atoms with E-state index >= 15 is 0 Å². The van der Waals surface area contributed by atoms with Crippen LogP contribution in [0.25, 0.3) is 0 Å². The number of aliphatic hydroxyl groups excluding tert-OH is 1. The Kier molecular flexibility index (Phi) is 24.2. The third kappa shape index (κ3) is 24.0. The first kappa shape index (κ1) is 27.2. The molecule has 0 amide bonds. The molecule has 1 N–H and O–H groups in total. The second-order valence-corrected chi connectivity index (χ2v) is 6.17. The fraction of sp³-hybridized carbons (Fsp3) is 0.500. The van der Waals surface area contributed by atoms with Gasteiger partial charge in [-0.1, -0.05) is 42.9 Å². The smallest absolute Gasteiger partial charge is 0.221 e. The van der Waals surface area contributed by atoms with Crippen molar-refractivity contribution in [2.24, 2.45) is 0 Å². The number of rotatable bonds is 17. The van der Waals surface area contributed by atoms with Crippen LogP contribution in [0.15, 0.2) is 62.3 Å². The Labute approximate surface area is 166 Å². The summed E-state index contributed by atoms with van der Waals surface area (Å²) in [5.74, 6) is -0.633. The Morgan fingerprint density at radius 1 is 0.667 bits per heavy atom. The average molecular weight is 375 g/mol. The molecule has 0 aliphatic heterocycles. The van der Waals surface area contributed by atoms with Crippen LogP contribution in [0.1, 0.15) is 70.6 Å². The van der Waals surface area contributed by atoms with E-state index in [1.807, 2.05) is 24.3 Å². The van der Waals surface area contributed by atoms with Gasteiger partial charge in [0.25, 0.3) is 0 Å². The monoisotopic (exact) mass is 374 g/mol. The quantitative estimate of drug-likeness (QED) is 0.146. The number of aliphatic hydroxyl groups is 1. The van der Waals surface area contributed by atoms with Crippen molar-refractivity contribution in [1.29, 1.82) is 0 Å². The summed E-state index contributed by atoms with van der Waals surface area (Å²) in [6, 6.07) is 0. The molecule has 0 saturated heterocycles. The van der Waals surface area contributed by atoms with Crippen molar-refractivity contribution in [2.75, 3.05) is 6.61 Å². The van der Waals surface area contributed by atoms with Crippen molar-refractivity contribution < 1.29 is 14.7 Å². The first-order chi connectivity index (χ1) is 13.1. The predicted octanol–water partition coefficient (Wildman–Crippen LogP) is 6.06. The highest BCUT2D eigenvalue weighted by Gasteiger charge is 2.08. The van der Waals surface area contributed by atoms with E-state index in [-0.39, 0.29) is 18.2 Å². The Bertz CT molecular complexity index is 458. The fourth-order valence-electron chi connectivity index (χ4n) is 2.11. The minimum Gasteiger partial charge on any atom is -0.392 e. The third-order valence-electron chi connectivity index (χ3n) is 3.69. The van der Waals surface area contributed by atoms with Gasteiger partial charge in [0, 0.05) is 6.42 Å². The number of allylic oxidation sites excluding steroid dienone is 6. The van der Waals surface area contributed by atoms with Crippen LogP contribution in [-0.4, -0.2) is 23.3 Å². The molecule has 0 fully saturated rings. The number of carbonyl (C=O) groups is 2. The highest BCUT2D eigenvalue weighted by molar-refractivity contribution is 6.41. The number of unbranched alkanes of at least 4 members (excludes halogenated alkanes) is 7. The normalized spacial score (nSPS) is 10.4. The summed E-state index contributed by atoms with van der Waals surface area (Å²) in [5, 5.41) is 8.32. The largest absolute Gasteiger partial charge is 0.392 e. The number of ketones is 2. The van der Waals surface area contributed by atoms with Crippen LogP contribution >= 0.6 is 0 Å². The lowest BCUT2D eigenvalue weighted by Gasteiger charge is -1.97. The van der Waals surface area contributed by atoms with Gasteiger partial charge in [-0.15, -0.1) is 19.7 Å². The Morgan fingerprint density at radius 2 is 1.22 bits per heavy atom. The topological polar surface area (TPSA) is 54.4 Å². The van der Waals surface area contributed by atoms with Crippen LogP contribution in [0.3, 0.4) is 0 Å². The minimum atomic E-state index is -0.364. The van der Waals surface area contributed by atoms with Crippen LogP contribution in [0.2, 0.25) is 0 Å². The zero-order chi connectivity index (χ0) is 20.6. The third-order valence-corrected chi connectivity index (χ3v) is 3.69. The van der Waals surface area contributed by atoms with Crippen LogP contribution in [0.4, 0.5) is 0 Å². The van der Waals surface area contributed by atoms with Gasteiger partial charge >= 0.3 is 0 Å². The van der Waals surface area contributed by atoms with Crippen molar-refractivity contribution in [1.82, 2.24) is 0 Å². The molecule has 0 radical (unpaired) electrons. The molecule has 0 unspecified atom stereocenters. The van der Waals surface area contributed by atoms with Crippen LogP contribution in [-0.2, 0) is 9.59 Å². The van der Waals surface area contributed by atoms with E-state index in [0.717, 1.165) is 64.2 Å². The number of carbonyl (C=O) groups excluding carboxylic acids is 2. The van der Waals surface area contributed by atoms with E-state index in [2.05, 4.69) is 19.7 Å². The van der Waals surface area contributed by atoms with Crippen molar-refractivity contribution in [3.63, 3.8) is 0 Å². The van der Waals surface area contributed by atoms with E-state index in [0.29, 0.717) is 6.42 Å². The predicted molar refractivity (Wildman–Crippen MR) is 117 cm³/mol. The van der Waals surface area contributed by atoms with Gasteiger partial charge in [0.2, 0.25) is 11.6 Å². The SMILES string of the molecule is C=CCCCC=CC(=O)C(=O)CCCCCC=C.C=CCCCC=CCO. The lowest BCUT2D eigenvalue weighted by molar-refractivity contribution is -0.133. The molecule has 0 aromatic heterocycles. The summed E-state index contributed by atoms with van der Waals surface area (Å²) < 4.78 is 0. The molecule has 0 heterocycles. The molecule has 0 aromatic rings. The molecule has 0 aromatic carbocycles. The number of hydrogen-bond donors (Lipinski definition) is 1. The fourth-order valence-corrected chi connectivity index (χ4v) is 2.11. The molecule has 0 aliphatic carbocycles. The summed E-state index contributed by atoms with van der Waals surface area (Å²) >= 11 is 0. The van der Waals surface area contributed by atoms with Crippen LogP contribution in [0.5, 0.6) is 0 Å². The maximum Gasteiger partial charge on any atom is 0.221 e. The molecule has 0 saturated carbocycles. The van der Waals surface area contributed by atoms with Crippen LogP contribution < -0.4 is 0 Å². The maximum absolute atomic E-state index is 11.5. The van der Waals surface area contributed by atoms with Gasteiger partial charge in [-0.2, -0.15) is 0 Å². The zero-order valence-electron chi connectivity index (χ0n) is 16.9. The maximum atomic E-state index is 11.5. The van der Waals surface area contributed by atoms with Gasteiger partial charge in [-0.05, 0) is 63.9 Å². The highest BCUT2D eigenvalue weighted by atomic mass is 16.2. The molecule has 0 aliphatic rings. The molecule has 3 heteroatoms. The molecular formula is C24H38O3. The van der Waals surface area contributed by atoms with Gasteiger partial charge in [-0.3, -0.25) is 9.59 Å². The first-order valence-electron chi connectivity index (χ1n) is 9.96. The summed E-state index contributed by atoms with van der Waals surface area (Å²) in [6.07, 6.45) is 22.7. The van der Waals surface area contributed by atoms with Crippen LogP contribution in [0, 0.1) is 0 Å². The van der Waals surface area contributed by atoms with Crippen molar-refractivity contribution in [3.05, 3.63) is 62.3 Å². The minimum absolute atomic E-state index is 0.161. The second kappa shape index (κ2) is 24.0. The van der Waals surface area contributed by atoms with Gasteiger partial charge in [0.15, 0.2) is 0 Å². The van der Waals surface area contributed by atoms with E-state index in [9.17, 15) is 9.59 Å². The standard InChI is InChI=1S/C16H24O2.C8H14O/c1-3-5-7-9-11-13-15(17)16(18)14-12-10-8-6-4-2;1-2-3-4-5-6-7-8-9/h3-4,11,13H,1-2,5-10,12,14H2;2,6-7,9H,1,3-5,8H2. The number of Topliss-reactive ketones (excluding diaryl/α,β-unsaturated/α-hetero) is 1. The van der Waals surface area contributed by atoms with E-state index in [4.69, 9.17) is 5.11 Å². The molecule has 27 heavy (non-hydrogen) atoms. The van der Waals surface area contributed by atoms with Crippen molar-refractivity contribution in [2.45, 2.75) is 70.6 Å². The Morgan fingerprint density at radius 3 is 1.78 bits per heavy atom. The number of hydrogen-bond acceptors (Lipinski definition) is 3. The lowest BCUT2D eigenvalue weighted by atomic mass is 10.1. The average Bonchev–Trinajstić information content (AvgIpc) is 2.68. The van der Waals surface area contributed by atoms with E-state index in [1.165, 1.54) is 6.08 Å². The van der Waals surface area contributed by atoms with Gasteiger partial charge in [-0.25, -0.2) is 0 Å². The summed E-state index contributed by atoms with van der Waals surface area (Å²) in [7, 11) is 0. The highest BCUT2D eigenvalue weighted by Crippen LogP contribution is 2.05. The lowest BCUT2D eigenvalue weighted by Crippen LogP contribution is -2.10. The van der Waals surface area contributed by atoms with Gasteiger partial charge in [0.1, 0.15) is 0 Å². The van der Waals surface area contributed by atoms with Crippen molar-refractivity contribution in [3.8, 4) is 0 Å². The van der Waals surface area contributed by atoms with Crippen molar-refractivity contribution >= 4 is 11.6 Å². The zero-order valence-corrected chi connectivity index (χ0v) is 16.9. The molecular weight excluding hydrogens is 336 g/mol. The Balaban J connectivity index is 0. The molecule has 0 bridgehead atoms. The van der Waals surface area contributed by atoms with E-state index < -0.39 is 0 Å². The summed E-state index contributed by atoms with van der Waals surface area (Å²) in [5.41, 5.74) is 0. The molecule has 0 spiro atoms. The molecule has 0 rings (SSSR count). The van der Waals surface area contributed by atoms with E-state index in [1.54, 1.807) is 12.2 Å². The first-order valence-corrected chi connectivity index (χ1v) is 9.96. The molecule has 3 nitrogen and oxygen atoms in total. The summed E-state index contributed by atoms with van der Waals surface area (Å²) in [4.78, 5) is 22.9. The molecule has 152 valence electrons. The molecule has 0 atom stereocenters. The van der Waals surface area contributed by atoms with Gasteiger partial charge < -0.3 is 5.11 Å². The summed E-state index contributed by atoms with van der Waals surface area (Å²) in [6.45, 7) is 11.0. The Hall–Kier alpha value is -2.00. The van der Waals surface area contributed by atoms with Gasteiger partial charge in [0.05, 0.1) is 6.61 Å².